The number of thioether (sulfide) groups is 1. The summed E-state index contributed by atoms with van der Waals surface area (Å²) < 4.78 is 0. The first-order valence-electron chi connectivity index (χ1n) is 6.72. The Kier molecular flexibility index (Phi) is 4.93. The van der Waals surface area contributed by atoms with Gasteiger partial charge in [0.05, 0.1) is 0 Å². The molecule has 0 amide bonds. The van der Waals surface area contributed by atoms with Crippen molar-refractivity contribution in [3.05, 3.63) is 35.4 Å². The molecule has 0 bridgehead atoms. The Hall–Kier alpha value is -0.470. The van der Waals surface area contributed by atoms with Gasteiger partial charge >= 0.3 is 0 Å². The lowest BCUT2D eigenvalue weighted by Gasteiger charge is -2.26. The molecule has 2 heteroatoms. The Balaban J connectivity index is 1.91. The van der Waals surface area contributed by atoms with Crippen LogP contribution in [0.15, 0.2) is 24.3 Å². The van der Waals surface area contributed by atoms with Crippen molar-refractivity contribution in [2.24, 2.45) is 0 Å². The van der Waals surface area contributed by atoms with Gasteiger partial charge in [0, 0.05) is 17.8 Å². The van der Waals surface area contributed by atoms with Gasteiger partial charge in [0.1, 0.15) is 0 Å². The van der Waals surface area contributed by atoms with E-state index in [0.717, 1.165) is 6.42 Å². The molecule has 2 atom stereocenters. The normalized spacial score (nSPS) is 22.4. The maximum absolute atomic E-state index is 3.75. The van der Waals surface area contributed by atoms with Crippen LogP contribution in [0.1, 0.15) is 43.9 Å². The molecule has 0 radical (unpaired) electrons. The van der Waals surface area contributed by atoms with Gasteiger partial charge in [0.15, 0.2) is 0 Å². The van der Waals surface area contributed by atoms with Gasteiger partial charge in [-0.3, -0.25) is 0 Å². The SMILES string of the molecule is CCc1ccc(C(C)NC2CCCSC2)cc1. The molecular formula is C15H23NS. The van der Waals surface area contributed by atoms with Crippen LogP contribution in [0.4, 0.5) is 0 Å². The molecule has 0 aromatic heterocycles. The van der Waals surface area contributed by atoms with Crippen LogP contribution in [0.3, 0.4) is 0 Å². The van der Waals surface area contributed by atoms with Gasteiger partial charge in [-0.2, -0.15) is 11.8 Å². The number of benzene rings is 1. The lowest BCUT2D eigenvalue weighted by Crippen LogP contribution is -2.35. The summed E-state index contributed by atoms with van der Waals surface area (Å²) in [6.45, 7) is 4.48. The maximum atomic E-state index is 3.75. The van der Waals surface area contributed by atoms with E-state index in [4.69, 9.17) is 0 Å². The third-order valence-electron chi connectivity index (χ3n) is 3.53. The molecule has 17 heavy (non-hydrogen) atoms. The number of hydrogen-bond acceptors (Lipinski definition) is 2. The largest absolute Gasteiger partial charge is 0.307 e. The summed E-state index contributed by atoms with van der Waals surface area (Å²) >= 11 is 2.08. The summed E-state index contributed by atoms with van der Waals surface area (Å²) in [4.78, 5) is 0. The van der Waals surface area contributed by atoms with Crippen molar-refractivity contribution in [2.45, 2.75) is 45.2 Å². The molecule has 94 valence electrons. The number of hydrogen-bond donors (Lipinski definition) is 1. The smallest absolute Gasteiger partial charge is 0.0294 e. The molecule has 0 spiro atoms. The molecule has 2 rings (SSSR count). The summed E-state index contributed by atoms with van der Waals surface area (Å²) in [6.07, 6.45) is 3.83. The average Bonchev–Trinajstić information content (AvgIpc) is 2.40. The van der Waals surface area contributed by atoms with E-state index >= 15 is 0 Å². The molecule has 1 aliphatic rings. The highest BCUT2D eigenvalue weighted by Gasteiger charge is 2.16. The number of rotatable bonds is 4. The van der Waals surface area contributed by atoms with Gasteiger partial charge in [-0.05, 0) is 43.1 Å². The molecule has 0 saturated carbocycles. The van der Waals surface area contributed by atoms with Crippen LogP contribution in [0.25, 0.3) is 0 Å². The highest BCUT2D eigenvalue weighted by Crippen LogP contribution is 2.21. The van der Waals surface area contributed by atoms with Gasteiger partial charge in [0.25, 0.3) is 0 Å². The second kappa shape index (κ2) is 6.46. The molecule has 1 N–H and O–H groups in total. The van der Waals surface area contributed by atoms with Crippen molar-refractivity contribution in [1.29, 1.82) is 0 Å². The van der Waals surface area contributed by atoms with Crippen LogP contribution >= 0.6 is 11.8 Å². The minimum absolute atomic E-state index is 0.476. The molecule has 1 aromatic rings. The van der Waals surface area contributed by atoms with E-state index in [1.807, 2.05) is 0 Å². The molecule has 1 heterocycles. The molecule has 1 aromatic carbocycles. The average molecular weight is 249 g/mol. The van der Waals surface area contributed by atoms with Crippen molar-refractivity contribution in [1.82, 2.24) is 5.32 Å². The molecule has 1 saturated heterocycles. The van der Waals surface area contributed by atoms with E-state index < -0.39 is 0 Å². The van der Waals surface area contributed by atoms with E-state index in [-0.39, 0.29) is 0 Å². The molecule has 1 aliphatic heterocycles. The van der Waals surface area contributed by atoms with E-state index in [1.165, 1.54) is 35.5 Å². The van der Waals surface area contributed by atoms with Crippen LogP contribution in [0.5, 0.6) is 0 Å². The number of nitrogens with one attached hydrogen (secondary N) is 1. The first-order chi connectivity index (χ1) is 8.29. The third-order valence-corrected chi connectivity index (χ3v) is 4.75. The predicted molar refractivity (Wildman–Crippen MR) is 77.7 cm³/mol. The minimum atomic E-state index is 0.476. The second-order valence-corrected chi connectivity index (χ2v) is 6.05. The fraction of sp³-hybridized carbons (Fsp3) is 0.600. The summed E-state index contributed by atoms with van der Waals surface area (Å²) in [6, 6.07) is 10.2. The van der Waals surface area contributed by atoms with Gasteiger partial charge in [0.2, 0.25) is 0 Å². The first-order valence-corrected chi connectivity index (χ1v) is 7.87. The Morgan fingerprint density at radius 2 is 2.12 bits per heavy atom. The van der Waals surface area contributed by atoms with Crippen molar-refractivity contribution >= 4 is 11.8 Å². The fourth-order valence-corrected chi connectivity index (χ4v) is 3.45. The topological polar surface area (TPSA) is 12.0 Å². The van der Waals surface area contributed by atoms with E-state index in [2.05, 4.69) is 55.2 Å². The predicted octanol–water partition coefficient (Wildman–Crippen LogP) is 3.80. The molecular weight excluding hydrogens is 226 g/mol. The van der Waals surface area contributed by atoms with Gasteiger partial charge in [-0.15, -0.1) is 0 Å². The van der Waals surface area contributed by atoms with Crippen LogP contribution in [0.2, 0.25) is 0 Å². The van der Waals surface area contributed by atoms with Crippen molar-refractivity contribution in [3.8, 4) is 0 Å². The Labute approximate surface area is 109 Å². The summed E-state index contributed by atoms with van der Waals surface area (Å²) in [5.74, 6) is 2.62. The molecule has 2 unspecified atom stereocenters. The number of aryl methyl sites for hydroxylation is 1. The standard InChI is InChI=1S/C15H23NS/c1-3-13-6-8-14(9-7-13)12(2)16-15-5-4-10-17-11-15/h6-9,12,15-16H,3-5,10-11H2,1-2H3. The Morgan fingerprint density at radius 3 is 2.71 bits per heavy atom. The maximum Gasteiger partial charge on any atom is 0.0294 e. The second-order valence-electron chi connectivity index (χ2n) is 4.90. The zero-order chi connectivity index (χ0) is 12.1. The van der Waals surface area contributed by atoms with E-state index in [9.17, 15) is 0 Å². The lowest BCUT2D eigenvalue weighted by atomic mass is 10.0. The van der Waals surface area contributed by atoms with Gasteiger partial charge < -0.3 is 5.32 Å². The minimum Gasteiger partial charge on any atom is -0.307 e. The lowest BCUT2D eigenvalue weighted by molar-refractivity contribution is 0.452. The van der Waals surface area contributed by atoms with E-state index in [0.29, 0.717) is 12.1 Å². The van der Waals surface area contributed by atoms with Gasteiger partial charge in [-0.25, -0.2) is 0 Å². The zero-order valence-corrected chi connectivity index (χ0v) is 11.7. The van der Waals surface area contributed by atoms with Crippen LogP contribution < -0.4 is 5.32 Å². The third kappa shape index (κ3) is 3.75. The van der Waals surface area contributed by atoms with Crippen molar-refractivity contribution in [2.75, 3.05) is 11.5 Å². The van der Waals surface area contributed by atoms with Crippen LogP contribution in [-0.2, 0) is 6.42 Å². The van der Waals surface area contributed by atoms with E-state index in [1.54, 1.807) is 0 Å². The van der Waals surface area contributed by atoms with Crippen LogP contribution in [-0.4, -0.2) is 17.5 Å². The summed E-state index contributed by atoms with van der Waals surface area (Å²) in [5, 5.41) is 3.75. The van der Waals surface area contributed by atoms with Crippen LogP contribution in [0, 0.1) is 0 Å². The molecule has 1 nitrogen and oxygen atoms in total. The van der Waals surface area contributed by atoms with Crippen molar-refractivity contribution in [3.63, 3.8) is 0 Å². The van der Waals surface area contributed by atoms with Gasteiger partial charge in [-0.1, -0.05) is 31.2 Å². The molecule has 0 aliphatic carbocycles. The quantitative estimate of drug-likeness (QED) is 0.871. The molecule has 1 fully saturated rings. The summed E-state index contributed by atoms with van der Waals surface area (Å²) in [7, 11) is 0. The summed E-state index contributed by atoms with van der Waals surface area (Å²) in [5.41, 5.74) is 2.84. The highest BCUT2D eigenvalue weighted by molar-refractivity contribution is 7.99. The zero-order valence-electron chi connectivity index (χ0n) is 10.9. The first kappa shape index (κ1) is 13.0. The monoisotopic (exact) mass is 249 g/mol. The van der Waals surface area contributed by atoms with Crippen molar-refractivity contribution < 1.29 is 0 Å². The Bertz CT molecular complexity index is 327. The fourth-order valence-electron chi connectivity index (χ4n) is 2.36. The Morgan fingerprint density at radius 1 is 1.35 bits per heavy atom. The highest BCUT2D eigenvalue weighted by atomic mass is 32.2.